The van der Waals surface area contributed by atoms with Gasteiger partial charge in [-0.3, -0.25) is 4.79 Å². The summed E-state index contributed by atoms with van der Waals surface area (Å²) in [6.07, 6.45) is 3.02. The predicted molar refractivity (Wildman–Crippen MR) is 76.5 cm³/mol. The second kappa shape index (κ2) is 6.66. The molecule has 2 rings (SSSR count). The zero-order valence-corrected chi connectivity index (χ0v) is 12.6. The quantitative estimate of drug-likeness (QED) is 0.585. The van der Waals surface area contributed by atoms with Crippen molar-refractivity contribution in [1.29, 1.82) is 0 Å². The third kappa shape index (κ3) is 4.86. The molecule has 1 fully saturated rings. The number of rotatable bonds is 9. The van der Waals surface area contributed by atoms with Crippen molar-refractivity contribution in [2.45, 2.75) is 35.9 Å². The summed E-state index contributed by atoms with van der Waals surface area (Å²) in [4.78, 5) is 11.1. The first-order valence-electron chi connectivity index (χ1n) is 6.51. The maximum atomic E-state index is 12.0. The number of carboxylic acids is 1. The van der Waals surface area contributed by atoms with Crippen LogP contribution >= 0.6 is 11.3 Å². The lowest BCUT2D eigenvalue weighted by molar-refractivity contribution is -0.136. The van der Waals surface area contributed by atoms with Crippen LogP contribution in [0.15, 0.2) is 16.3 Å². The van der Waals surface area contributed by atoms with Crippen LogP contribution in [0, 0.1) is 0 Å². The summed E-state index contributed by atoms with van der Waals surface area (Å²) in [6, 6.07) is 3.62. The normalized spacial score (nSPS) is 15.4. The van der Waals surface area contributed by atoms with Gasteiger partial charge in [0.1, 0.15) is 4.21 Å². The van der Waals surface area contributed by atoms with E-state index in [9.17, 15) is 13.2 Å². The van der Waals surface area contributed by atoms with Gasteiger partial charge in [-0.05, 0) is 37.9 Å². The van der Waals surface area contributed by atoms with E-state index in [0.29, 0.717) is 17.5 Å². The molecule has 1 aromatic heterocycles. The van der Waals surface area contributed by atoms with Gasteiger partial charge in [-0.1, -0.05) is 0 Å². The molecule has 1 aliphatic carbocycles. The van der Waals surface area contributed by atoms with Crippen LogP contribution in [0.5, 0.6) is 0 Å². The molecule has 1 aromatic rings. The minimum Gasteiger partial charge on any atom is -0.481 e. The Morgan fingerprint density at radius 3 is 2.75 bits per heavy atom. The van der Waals surface area contributed by atoms with E-state index in [2.05, 4.69) is 10.0 Å². The summed E-state index contributed by atoms with van der Waals surface area (Å²) in [6.45, 7) is 1.19. The molecular formula is C12H18N2O4S2. The summed E-state index contributed by atoms with van der Waals surface area (Å²) in [5.41, 5.74) is 0. The van der Waals surface area contributed by atoms with Crippen LogP contribution in [0.4, 0.5) is 0 Å². The number of hydrogen-bond acceptors (Lipinski definition) is 5. The maximum absolute atomic E-state index is 12.0. The van der Waals surface area contributed by atoms with Gasteiger partial charge in [-0.2, -0.15) is 0 Å². The second-order valence-electron chi connectivity index (χ2n) is 4.77. The van der Waals surface area contributed by atoms with Crippen LogP contribution in [-0.2, 0) is 21.2 Å². The molecule has 0 radical (unpaired) electrons. The standard InChI is InChI=1S/C12H18N2O4S2/c15-11(16)8-10-4-5-12(19-10)20(17,18)14-7-1-6-13-9-2-3-9/h4-5,9,13-14H,1-3,6-8H2,(H,15,16). The molecule has 0 atom stereocenters. The molecule has 0 aromatic carbocycles. The van der Waals surface area contributed by atoms with E-state index in [-0.39, 0.29) is 10.6 Å². The molecule has 1 heterocycles. The van der Waals surface area contributed by atoms with E-state index in [0.717, 1.165) is 24.3 Å². The maximum Gasteiger partial charge on any atom is 0.308 e. The second-order valence-corrected chi connectivity index (χ2v) is 7.93. The van der Waals surface area contributed by atoms with Crippen molar-refractivity contribution >= 4 is 27.3 Å². The van der Waals surface area contributed by atoms with E-state index in [1.807, 2.05) is 0 Å². The topological polar surface area (TPSA) is 95.5 Å². The molecule has 112 valence electrons. The Hall–Kier alpha value is -0.960. The van der Waals surface area contributed by atoms with Crippen molar-refractivity contribution in [2.24, 2.45) is 0 Å². The Labute approximate surface area is 122 Å². The minimum absolute atomic E-state index is 0.147. The minimum atomic E-state index is -3.51. The smallest absolute Gasteiger partial charge is 0.308 e. The molecule has 1 aliphatic rings. The lowest BCUT2D eigenvalue weighted by Gasteiger charge is -2.05. The molecule has 0 amide bonds. The van der Waals surface area contributed by atoms with Gasteiger partial charge < -0.3 is 10.4 Å². The lowest BCUT2D eigenvalue weighted by Crippen LogP contribution is -2.27. The Balaban J connectivity index is 1.78. The Morgan fingerprint density at radius 1 is 1.35 bits per heavy atom. The SMILES string of the molecule is O=C(O)Cc1ccc(S(=O)(=O)NCCCNC2CC2)s1. The van der Waals surface area contributed by atoms with Gasteiger partial charge in [0.05, 0.1) is 6.42 Å². The Morgan fingerprint density at radius 2 is 2.10 bits per heavy atom. The number of thiophene rings is 1. The number of carbonyl (C=O) groups is 1. The van der Waals surface area contributed by atoms with Crippen LogP contribution in [0.1, 0.15) is 24.1 Å². The van der Waals surface area contributed by atoms with Crippen molar-refractivity contribution in [3.8, 4) is 0 Å². The molecule has 0 aliphatic heterocycles. The molecule has 8 heteroatoms. The van der Waals surface area contributed by atoms with Crippen molar-refractivity contribution in [2.75, 3.05) is 13.1 Å². The fourth-order valence-electron chi connectivity index (χ4n) is 1.71. The highest BCUT2D eigenvalue weighted by Crippen LogP contribution is 2.22. The van der Waals surface area contributed by atoms with Crippen LogP contribution in [-0.4, -0.2) is 38.6 Å². The van der Waals surface area contributed by atoms with Gasteiger partial charge in [-0.25, -0.2) is 13.1 Å². The zero-order valence-electron chi connectivity index (χ0n) is 11.0. The zero-order chi connectivity index (χ0) is 14.6. The molecular weight excluding hydrogens is 300 g/mol. The van der Waals surface area contributed by atoms with Gasteiger partial charge in [-0.15, -0.1) is 11.3 Å². The fraction of sp³-hybridized carbons (Fsp3) is 0.583. The average molecular weight is 318 g/mol. The first kappa shape index (κ1) is 15.4. The molecule has 6 nitrogen and oxygen atoms in total. The molecule has 20 heavy (non-hydrogen) atoms. The van der Waals surface area contributed by atoms with Gasteiger partial charge in [0.25, 0.3) is 0 Å². The van der Waals surface area contributed by atoms with Gasteiger partial charge in [0.2, 0.25) is 10.0 Å². The third-order valence-corrected chi connectivity index (χ3v) is 5.92. The van der Waals surface area contributed by atoms with E-state index in [4.69, 9.17) is 5.11 Å². The number of carboxylic acid groups (broad SMARTS) is 1. The van der Waals surface area contributed by atoms with Crippen molar-refractivity contribution in [3.05, 3.63) is 17.0 Å². The van der Waals surface area contributed by atoms with Gasteiger partial charge in [0, 0.05) is 17.5 Å². The average Bonchev–Trinajstić information content (AvgIpc) is 3.06. The van der Waals surface area contributed by atoms with Crippen molar-refractivity contribution in [3.63, 3.8) is 0 Å². The molecule has 0 bridgehead atoms. The van der Waals surface area contributed by atoms with E-state index in [1.54, 1.807) is 6.07 Å². The van der Waals surface area contributed by atoms with Crippen LogP contribution in [0.2, 0.25) is 0 Å². The molecule has 3 N–H and O–H groups in total. The van der Waals surface area contributed by atoms with Crippen LogP contribution in [0.3, 0.4) is 0 Å². The monoisotopic (exact) mass is 318 g/mol. The summed E-state index contributed by atoms with van der Waals surface area (Å²) in [5, 5.41) is 12.0. The Bertz CT molecular complexity index is 564. The predicted octanol–water partition coefficient (Wildman–Crippen LogP) is 0.796. The van der Waals surface area contributed by atoms with Crippen molar-refractivity contribution in [1.82, 2.24) is 10.0 Å². The van der Waals surface area contributed by atoms with Crippen LogP contribution < -0.4 is 10.0 Å². The van der Waals surface area contributed by atoms with Gasteiger partial charge >= 0.3 is 5.97 Å². The molecule has 1 saturated carbocycles. The number of hydrogen-bond donors (Lipinski definition) is 3. The van der Waals surface area contributed by atoms with E-state index >= 15 is 0 Å². The van der Waals surface area contributed by atoms with Crippen molar-refractivity contribution < 1.29 is 18.3 Å². The molecule has 0 unspecified atom stereocenters. The first-order chi connectivity index (χ1) is 9.47. The highest BCUT2D eigenvalue weighted by molar-refractivity contribution is 7.91. The summed E-state index contributed by atoms with van der Waals surface area (Å²) >= 11 is 1.000. The number of nitrogens with one attached hydrogen (secondary N) is 2. The van der Waals surface area contributed by atoms with Crippen LogP contribution in [0.25, 0.3) is 0 Å². The Kier molecular flexibility index (Phi) is 5.14. The number of sulfonamides is 1. The highest BCUT2D eigenvalue weighted by Gasteiger charge is 2.20. The van der Waals surface area contributed by atoms with E-state index < -0.39 is 16.0 Å². The highest BCUT2D eigenvalue weighted by atomic mass is 32.2. The van der Waals surface area contributed by atoms with E-state index in [1.165, 1.54) is 18.9 Å². The summed E-state index contributed by atoms with van der Waals surface area (Å²) in [7, 11) is -3.51. The first-order valence-corrected chi connectivity index (χ1v) is 8.81. The summed E-state index contributed by atoms with van der Waals surface area (Å²) in [5.74, 6) is -0.963. The molecule has 0 saturated heterocycles. The molecule has 0 spiro atoms. The number of aliphatic carboxylic acids is 1. The fourth-order valence-corrected chi connectivity index (χ4v) is 4.17. The third-order valence-electron chi connectivity index (χ3n) is 2.88. The van der Waals surface area contributed by atoms with Gasteiger partial charge in [0.15, 0.2) is 0 Å². The largest absolute Gasteiger partial charge is 0.481 e. The lowest BCUT2D eigenvalue weighted by atomic mass is 10.3. The summed E-state index contributed by atoms with van der Waals surface area (Å²) < 4.78 is 26.6.